The van der Waals surface area contributed by atoms with Crippen molar-refractivity contribution in [3.63, 3.8) is 0 Å². The zero-order valence-electron chi connectivity index (χ0n) is 12.4. The Labute approximate surface area is 133 Å². The van der Waals surface area contributed by atoms with Gasteiger partial charge in [-0.15, -0.1) is 0 Å². The first-order valence-corrected chi connectivity index (χ1v) is 8.14. The van der Waals surface area contributed by atoms with Gasteiger partial charge in [0.25, 0.3) is 0 Å². The third kappa shape index (κ3) is 4.30. The van der Waals surface area contributed by atoms with E-state index in [1.54, 1.807) is 6.07 Å². The van der Waals surface area contributed by atoms with Gasteiger partial charge in [0.15, 0.2) is 0 Å². The summed E-state index contributed by atoms with van der Waals surface area (Å²) < 4.78 is 0.973. The van der Waals surface area contributed by atoms with Crippen molar-refractivity contribution in [3.8, 4) is 0 Å². The van der Waals surface area contributed by atoms with Gasteiger partial charge < -0.3 is 10.6 Å². The molecule has 1 aliphatic rings. The highest BCUT2D eigenvalue weighted by Crippen LogP contribution is 2.24. The maximum Gasteiger partial charge on any atom is 0.313 e. The van der Waals surface area contributed by atoms with Crippen LogP contribution in [-0.4, -0.2) is 17.9 Å². The predicted molar refractivity (Wildman–Crippen MR) is 87.1 cm³/mol. The van der Waals surface area contributed by atoms with Gasteiger partial charge in [-0.2, -0.15) is 0 Å². The Kier molecular flexibility index (Phi) is 5.39. The molecule has 0 aliphatic heterocycles. The number of aryl methyl sites for hydroxylation is 1. The van der Waals surface area contributed by atoms with Gasteiger partial charge >= 0.3 is 11.8 Å². The zero-order valence-corrected chi connectivity index (χ0v) is 14.0. The fourth-order valence-corrected chi connectivity index (χ4v) is 2.92. The monoisotopic (exact) mass is 352 g/mol. The topological polar surface area (TPSA) is 58.2 Å². The Morgan fingerprint density at radius 2 is 1.90 bits per heavy atom. The Bertz CT molecular complexity index is 545. The van der Waals surface area contributed by atoms with Crippen molar-refractivity contribution in [2.75, 3.05) is 5.32 Å². The molecule has 4 nitrogen and oxygen atoms in total. The number of carbonyl (C=O) groups is 2. The van der Waals surface area contributed by atoms with E-state index in [1.165, 1.54) is 6.42 Å². The molecule has 1 aromatic carbocycles. The molecule has 1 fully saturated rings. The molecule has 2 rings (SSSR count). The highest BCUT2D eigenvalue weighted by Gasteiger charge is 2.25. The second kappa shape index (κ2) is 7.07. The van der Waals surface area contributed by atoms with Gasteiger partial charge in [0, 0.05) is 16.2 Å². The molecule has 0 aromatic heterocycles. The van der Waals surface area contributed by atoms with Crippen molar-refractivity contribution in [3.05, 3.63) is 28.2 Å². The van der Waals surface area contributed by atoms with E-state index in [4.69, 9.17) is 0 Å². The molecule has 0 saturated heterocycles. The Balaban J connectivity index is 1.93. The van der Waals surface area contributed by atoms with E-state index in [0.717, 1.165) is 29.3 Å². The average Bonchev–Trinajstić information content (AvgIpc) is 2.45. The molecule has 5 heteroatoms. The molecule has 1 saturated carbocycles. The van der Waals surface area contributed by atoms with E-state index >= 15 is 0 Å². The van der Waals surface area contributed by atoms with E-state index in [9.17, 15) is 9.59 Å². The Morgan fingerprint density at radius 3 is 2.57 bits per heavy atom. The summed E-state index contributed by atoms with van der Waals surface area (Å²) in [5.41, 5.74) is 1.64. The number of carbonyl (C=O) groups excluding carboxylic acids is 2. The highest BCUT2D eigenvalue weighted by molar-refractivity contribution is 9.10. The first-order chi connectivity index (χ1) is 9.97. The van der Waals surface area contributed by atoms with Crippen molar-refractivity contribution >= 4 is 33.4 Å². The van der Waals surface area contributed by atoms with Crippen LogP contribution in [0.2, 0.25) is 0 Å². The summed E-state index contributed by atoms with van der Waals surface area (Å²) in [4.78, 5) is 23.9. The van der Waals surface area contributed by atoms with E-state index < -0.39 is 11.8 Å². The normalized spacial score (nSPS) is 21.7. The molecule has 0 spiro atoms. The molecular formula is C16H21BrN2O2. The van der Waals surface area contributed by atoms with Crippen LogP contribution in [0.4, 0.5) is 5.69 Å². The van der Waals surface area contributed by atoms with Gasteiger partial charge in [-0.25, -0.2) is 0 Å². The molecular weight excluding hydrogens is 332 g/mol. The van der Waals surface area contributed by atoms with Gasteiger partial charge in [0.1, 0.15) is 0 Å². The molecule has 2 atom stereocenters. The quantitative estimate of drug-likeness (QED) is 0.801. The van der Waals surface area contributed by atoms with Crippen LogP contribution in [0.5, 0.6) is 0 Å². The molecule has 2 N–H and O–H groups in total. The maximum absolute atomic E-state index is 12.0. The highest BCUT2D eigenvalue weighted by atomic mass is 79.9. The van der Waals surface area contributed by atoms with Gasteiger partial charge in [-0.05, 0) is 49.4 Å². The maximum atomic E-state index is 12.0. The lowest BCUT2D eigenvalue weighted by Crippen LogP contribution is -2.45. The molecule has 0 bridgehead atoms. The van der Waals surface area contributed by atoms with Crippen molar-refractivity contribution in [1.82, 2.24) is 5.32 Å². The average molecular weight is 353 g/mol. The van der Waals surface area contributed by atoms with Crippen LogP contribution in [-0.2, 0) is 9.59 Å². The van der Waals surface area contributed by atoms with E-state index in [1.807, 2.05) is 19.1 Å². The Hall–Kier alpha value is -1.36. The van der Waals surface area contributed by atoms with E-state index in [-0.39, 0.29) is 6.04 Å². The number of benzene rings is 1. The van der Waals surface area contributed by atoms with Crippen LogP contribution in [0.1, 0.15) is 38.2 Å². The first-order valence-electron chi connectivity index (χ1n) is 7.35. The summed E-state index contributed by atoms with van der Waals surface area (Å²) in [6, 6.07) is 5.57. The minimum Gasteiger partial charge on any atom is -0.345 e. The molecule has 2 amide bonds. The summed E-state index contributed by atoms with van der Waals surface area (Å²) >= 11 is 3.40. The number of hydrogen-bond acceptors (Lipinski definition) is 2. The van der Waals surface area contributed by atoms with Crippen LogP contribution < -0.4 is 10.6 Å². The fourth-order valence-electron chi connectivity index (χ4n) is 2.67. The molecule has 1 aliphatic carbocycles. The predicted octanol–water partition coefficient (Wildman–Crippen LogP) is 3.39. The standard InChI is InChI=1S/C16H21BrN2O2/c1-10-5-3-4-6-14(10)19-16(21)15(20)18-12-7-8-13(17)11(2)9-12/h7-10,14H,3-6H2,1-2H3,(H,18,20)(H,19,21)/t10-,14-/m0/s1. The van der Waals surface area contributed by atoms with Crippen LogP contribution >= 0.6 is 15.9 Å². The van der Waals surface area contributed by atoms with Crippen LogP contribution in [0.3, 0.4) is 0 Å². The third-order valence-electron chi connectivity index (χ3n) is 4.05. The van der Waals surface area contributed by atoms with Crippen molar-refractivity contribution < 1.29 is 9.59 Å². The third-order valence-corrected chi connectivity index (χ3v) is 4.94. The summed E-state index contributed by atoms with van der Waals surface area (Å²) in [6.07, 6.45) is 4.39. The number of anilines is 1. The number of amides is 2. The SMILES string of the molecule is Cc1cc(NC(=O)C(=O)N[C@H]2CCCC[C@@H]2C)ccc1Br. The summed E-state index contributed by atoms with van der Waals surface area (Å²) in [5, 5.41) is 5.50. The summed E-state index contributed by atoms with van der Waals surface area (Å²) in [6.45, 7) is 4.06. The minimum atomic E-state index is -0.602. The molecule has 1 aromatic rings. The summed E-state index contributed by atoms with van der Waals surface area (Å²) in [7, 11) is 0. The van der Waals surface area contributed by atoms with Crippen LogP contribution in [0.15, 0.2) is 22.7 Å². The molecule has 114 valence electrons. The lowest BCUT2D eigenvalue weighted by molar-refractivity contribution is -0.137. The second-order valence-corrected chi connectivity index (χ2v) is 6.61. The molecule has 0 radical (unpaired) electrons. The summed E-state index contributed by atoms with van der Waals surface area (Å²) in [5.74, 6) is -0.714. The van der Waals surface area contributed by atoms with E-state index in [2.05, 4.69) is 33.5 Å². The number of nitrogens with one attached hydrogen (secondary N) is 2. The lowest BCUT2D eigenvalue weighted by Gasteiger charge is -2.29. The van der Waals surface area contributed by atoms with Gasteiger partial charge in [-0.3, -0.25) is 9.59 Å². The number of halogens is 1. The van der Waals surface area contributed by atoms with Crippen molar-refractivity contribution in [2.24, 2.45) is 5.92 Å². The Morgan fingerprint density at radius 1 is 1.19 bits per heavy atom. The van der Waals surface area contributed by atoms with Crippen molar-refractivity contribution in [1.29, 1.82) is 0 Å². The zero-order chi connectivity index (χ0) is 15.4. The largest absolute Gasteiger partial charge is 0.345 e. The molecule has 0 unspecified atom stereocenters. The van der Waals surface area contributed by atoms with Gasteiger partial charge in [0.05, 0.1) is 0 Å². The first kappa shape index (κ1) is 16.0. The van der Waals surface area contributed by atoms with Crippen molar-refractivity contribution in [2.45, 2.75) is 45.6 Å². The number of rotatable bonds is 2. The lowest BCUT2D eigenvalue weighted by atomic mass is 9.86. The van der Waals surface area contributed by atoms with Gasteiger partial charge in [0.2, 0.25) is 0 Å². The van der Waals surface area contributed by atoms with E-state index in [0.29, 0.717) is 11.6 Å². The second-order valence-electron chi connectivity index (χ2n) is 5.76. The van der Waals surface area contributed by atoms with Gasteiger partial charge in [-0.1, -0.05) is 35.7 Å². The van der Waals surface area contributed by atoms with Crippen LogP contribution in [0, 0.1) is 12.8 Å². The number of hydrogen-bond donors (Lipinski definition) is 2. The van der Waals surface area contributed by atoms with Crippen LogP contribution in [0.25, 0.3) is 0 Å². The molecule has 21 heavy (non-hydrogen) atoms. The fraction of sp³-hybridized carbons (Fsp3) is 0.500. The smallest absolute Gasteiger partial charge is 0.313 e. The molecule has 0 heterocycles. The minimum absolute atomic E-state index is 0.114.